The molecule has 1 unspecified atom stereocenters. The van der Waals surface area contributed by atoms with Crippen LogP contribution in [0.5, 0.6) is 0 Å². The van der Waals surface area contributed by atoms with Gasteiger partial charge >= 0.3 is 0 Å². The van der Waals surface area contributed by atoms with Gasteiger partial charge in [0, 0.05) is 18.1 Å². The van der Waals surface area contributed by atoms with Gasteiger partial charge in [0.25, 0.3) is 0 Å². The first kappa shape index (κ1) is 18.1. The van der Waals surface area contributed by atoms with E-state index in [9.17, 15) is 8.42 Å². The van der Waals surface area contributed by atoms with E-state index in [1.165, 1.54) is 0 Å². The molecule has 1 aliphatic heterocycles. The van der Waals surface area contributed by atoms with Crippen molar-refractivity contribution < 1.29 is 8.42 Å². The fourth-order valence-corrected chi connectivity index (χ4v) is 5.65. The van der Waals surface area contributed by atoms with Crippen LogP contribution in [0.2, 0.25) is 0 Å². The molecule has 0 bridgehead atoms. The Kier molecular flexibility index (Phi) is 4.11. The zero-order valence-corrected chi connectivity index (χ0v) is 17.1. The summed E-state index contributed by atoms with van der Waals surface area (Å²) in [5.74, 6) is 0. The SMILES string of the molecule is CCC1CNCN1n1cnc2c(S(=O)(=O)c3ccccc3C)nc3[nH]ccc3c21. The van der Waals surface area contributed by atoms with Gasteiger partial charge in [-0.2, -0.15) is 0 Å². The largest absolute Gasteiger partial charge is 0.346 e. The van der Waals surface area contributed by atoms with Crippen LogP contribution >= 0.6 is 0 Å². The van der Waals surface area contributed by atoms with Crippen LogP contribution in [0.4, 0.5) is 0 Å². The molecule has 4 heterocycles. The molecule has 4 aromatic rings. The van der Waals surface area contributed by atoms with Crippen molar-refractivity contribution in [3.63, 3.8) is 0 Å². The number of rotatable bonds is 4. The Morgan fingerprint density at radius 2 is 2.07 bits per heavy atom. The van der Waals surface area contributed by atoms with Gasteiger partial charge in [-0.1, -0.05) is 25.1 Å². The average molecular weight is 411 g/mol. The van der Waals surface area contributed by atoms with E-state index in [0.717, 1.165) is 23.9 Å². The first-order valence-electron chi connectivity index (χ1n) is 9.65. The highest BCUT2D eigenvalue weighted by molar-refractivity contribution is 7.91. The summed E-state index contributed by atoms with van der Waals surface area (Å²) in [6, 6.07) is 9.18. The molecular formula is C20H22N6O2S. The average Bonchev–Trinajstić information content (AvgIpc) is 3.44. The summed E-state index contributed by atoms with van der Waals surface area (Å²) < 4.78 is 29.0. The van der Waals surface area contributed by atoms with Gasteiger partial charge in [0.05, 0.1) is 17.6 Å². The van der Waals surface area contributed by atoms with Crippen LogP contribution in [-0.2, 0) is 9.84 Å². The predicted molar refractivity (Wildman–Crippen MR) is 111 cm³/mol. The van der Waals surface area contributed by atoms with Crippen molar-refractivity contribution >= 4 is 31.9 Å². The Hall–Kier alpha value is -2.91. The Balaban J connectivity index is 1.81. The highest BCUT2D eigenvalue weighted by atomic mass is 32.2. The highest BCUT2D eigenvalue weighted by Crippen LogP contribution is 2.32. The molecule has 5 rings (SSSR count). The van der Waals surface area contributed by atoms with E-state index in [0.29, 0.717) is 29.4 Å². The summed E-state index contributed by atoms with van der Waals surface area (Å²) in [6.07, 6.45) is 4.45. The smallest absolute Gasteiger partial charge is 0.226 e. The number of hydrogen-bond donors (Lipinski definition) is 2. The molecule has 0 spiro atoms. The number of aromatic nitrogens is 4. The van der Waals surface area contributed by atoms with Crippen molar-refractivity contribution in [1.29, 1.82) is 0 Å². The van der Waals surface area contributed by atoms with Crippen LogP contribution in [0.3, 0.4) is 0 Å². The maximum Gasteiger partial charge on any atom is 0.226 e. The molecule has 29 heavy (non-hydrogen) atoms. The van der Waals surface area contributed by atoms with Crippen molar-refractivity contribution in [3.8, 4) is 0 Å². The minimum absolute atomic E-state index is 0.0179. The Morgan fingerprint density at radius 3 is 2.86 bits per heavy atom. The van der Waals surface area contributed by atoms with Crippen molar-refractivity contribution in [2.75, 3.05) is 18.2 Å². The predicted octanol–water partition coefficient (Wildman–Crippen LogP) is 2.33. The van der Waals surface area contributed by atoms with Gasteiger partial charge in [-0.25, -0.2) is 23.1 Å². The molecule has 0 amide bonds. The molecule has 1 atom stereocenters. The van der Waals surface area contributed by atoms with Crippen LogP contribution in [0.15, 0.2) is 52.8 Å². The molecule has 1 saturated heterocycles. The number of benzene rings is 1. The van der Waals surface area contributed by atoms with Gasteiger partial charge in [0.1, 0.15) is 23.0 Å². The molecule has 0 radical (unpaired) electrons. The van der Waals surface area contributed by atoms with E-state index in [2.05, 4.69) is 32.2 Å². The number of nitrogens with zero attached hydrogens (tertiary/aromatic N) is 4. The second-order valence-corrected chi connectivity index (χ2v) is 9.16. The van der Waals surface area contributed by atoms with E-state index >= 15 is 0 Å². The molecule has 2 N–H and O–H groups in total. The normalized spacial score (nSPS) is 17.6. The summed E-state index contributed by atoms with van der Waals surface area (Å²) in [4.78, 5) is 12.3. The lowest BCUT2D eigenvalue weighted by Gasteiger charge is -2.26. The Bertz CT molecular complexity index is 1320. The lowest BCUT2D eigenvalue weighted by molar-refractivity contribution is 0.552. The van der Waals surface area contributed by atoms with Gasteiger partial charge in [-0.3, -0.25) is 10.3 Å². The maximum atomic E-state index is 13.5. The van der Waals surface area contributed by atoms with Gasteiger partial charge < -0.3 is 4.98 Å². The molecule has 0 aliphatic carbocycles. The first-order chi connectivity index (χ1) is 14.0. The standard InChI is InChI=1S/C20H22N6O2S/c1-3-14-10-21-11-25(14)26-12-23-17-18(26)15-8-9-22-19(15)24-20(17)29(27,28)16-7-5-4-6-13(16)2/h4-9,12,14,21H,3,10-11H2,1-2H3,(H,22,24). The van der Waals surface area contributed by atoms with E-state index < -0.39 is 9.84 Å². The van der Waals surface area contributed by atoms with Crippen LogP contribution in [-0.4, -0.2) is 47.3 Å². The molecule has 150 valence electrons. The summed E-state index contributed by atoms with van der Waals surface area (Å²) >= 11 is 0. The monoisotopic (exact) mass is 410 g/mol. The fourth-order valence-electron chi connectivity index (χ4n) is 4.08. The number of fused-ring (bicyclic) bond motifs is 3. The van der Waals surface area contributed by atoms with Crippen LogP contribution in [0.1, 0.15) is 18.9 Å². The second kappa shape index (κ2) is 6.57. The van der Waals surface area contributed by atoms with E-state index in [1.807, 2.05) is 16.8 Å². The quantitative estimate of drug-likeness (QED) is 0.536. The van der Waals surface area contributed by atoms with Gasteiger partial charge in [0.15, 0.2) is 5.03 Å². The van der Waals surface area contributed by atoms with Crippen molar-refractivity contribution in [2.45, 2.75) is 36.2 Å². The number of nitrogens with one attached hydrogen (secondary N) is 2. The Labute approximate surface area is 168 Å². The van der Waals surface area contributed by atoms with E-state index in [4.69, 9.17) is 0 Å². The Morgan fingerprint density at radius 1 is 1.24 bits per heavy atom. The highest BCUT2D eigenvalue weighted by Gasteiger charge is 2.30. The van der Waals surface area contributed by atoms with E-state index in [-0.39, 0.29) is 9.92 Å². The minimum Gasteiger partial charge on any atom is -0.346 e. The number of hydrogen-bond acceptors (Lipinski definition) is 6. The molecule has 1 aromatic carbocycles. The summed E-state index contributed by atoms with van der Waals surface area (Å²) in [6.45, 7) is 5.49. The lowest BCUT2D eigenvalue weighted by Crippen LogP contribution is -2.39. The molecule has 8 nitrogen and oxygen atoms in total. The molecule has 3 aromatic heterocycles. The minimum atomic E-state index is -3.84. The number of imidazole rings is 1. The van der Waals surface area contributed by atoms with Crippen molar-refractivity contribution in [3.05, 3.63) is 48.4 Å². The molecule has 0 saturated carbocycles. The number of aryl methyl sites for hydroxylation is 1. The third-order valence-electron chi connectivity index (χ3n) is 5.61. The zero-order valence-electron chi connectivity index (χ0n) is 16.3. The van der Waals surface area contributed by atoms with E-state index in [1.54, 1.807) is 37.6 Å². The van der Waals surface area contributed by atoms with Crippen LogP contribution < -0.4 is 10.3 Å². The molecule has 1 fully saturated rings. The fraction of sp³-hybridized carbons (Fsp3) is 0.300. The second-order valence-electron chi connectivity index (χ2n) is 7.33. The number of sulfone groups is 1. The maximum absolute atomic E-state index is 13.5. The number of H-pyrrole nitrogens is 1. The molecule has 9 heteroatoms. The molecular weight excluding hydrogens is 388 g/mol. The van der Waals surface area contributed by atoms with Crippen LogP contribution in [0.25, 0.3) is 22.1 Å². The summed E-state index contributed by atoms with van der Waals surface area (Å²) in [5.41, 5.74) is 2.36. The van der Waals surface area contributed by atoms with Crippen molar-refractivity contribution in [2.24, 2.45) is 0 Å². The number of pyridine rings is 1. The molecule has 1 aliphatic rings. The van der Waals surface area contributed by atoms with Gasteiger partial charge in [-0.15, -0.1) is 0 Å². The van der Waals surface area contributed by atoms with Crippen LogP contribution in [0, 0.1) is 6.92 Å². The van der Waals surface area contributed by atoms with Gasteiger partial charge in [-0.05, 0) is 31.0 Å². The summed E-state index contributed by atoms with van der Waals surface area (Å²) in [5, 5.41) is 6.40. The first-order valence-corrected chi connectivity index (χ1v) is 11.1. The number of aromatic amines is 1. The summed E-state index contributed by atoms with van der Waals surface area (Å²) in [7, 11) is -3.84. The van der Waals surface area contributed by atoms with Crippen molar-refractivity contribution in [1.82, 2.24) is 24.9 Å². The topological polar surface area (TPSA) is 95.9 Å². The zero-order chi connectivity index (χ0) is 20.2. The van der Waals surface area contributed by atoms with Gasteiger partial charge in [0.2, 0.25) is 9.84 Å². The lowest BCUT2D eigenvalue weighted by atomic mass is 10.2. The third-order valence-corrected chi connectivity index (χ3v) is 7.44. The third kappa shape index (κ3) is 2.65.